The molecule has 0 aliphatic carbocycles. The highest BCUT2D eigenvalue weighted by molar-refractivity contribution is 7.71. The van der Waals surface area contributed by atoms with E-state index in [1.165, 1.54) is 12.1 Å². The number of rotatable bonds is 4. The number of fused-ring (bicyclic) bond motifs is 1. The van der Waals surface area contributed by atoms with Gasteiger partial charge in [-0.1, -0.05) is 0 Å². The molecule has 2 aliphatic heterocycles. The quantitative estimate of drug-likeness (QED) is 0.813. The van der Waals surface area contributed by atoms with Crippen LogP contribution in [0.5, 0.6) is 0 Å². The molecule has 3 heterocycles. The van der Waals surface area contributed by atoms with E-state index in [-0.39, 0.29) is 24.3 Å². The van der Waals surface area contributed by atoms with Crippen LogP contribution in [0.4, 0.5) is 8.78 Å². The zero-order chi connectivity index (χ0) is 19.1. The summed E-state index contributed by atoms with van der Waals surface area (Å²) in [6.07, 6.45) is 1.65. The molecule has 1 aromatic carbocycles. The number of hydrogen-bond donors (Lipinski definition) is 1. The average Bonchev–Trinajstić information content (AvgIpc) is 3.30. The molecule has 8 heteroatoms. The summed E-state index contributed by atoms with van der Waals surface area (Å²) in [4.78, 5) is 12.4. The summed E-state index contributed by atoms with van der Waals surface area (Å²) >= 11 is 5.52. The lowest BCUT2D eigenvalue weighted by Gasteiger charge is -2.13. The van der Waals surface area contributed by atoms with E-state index in [0.29, 0.717) is 36.5 Å². The molecular formula is C19H21F2N3O2S. The molecule has 5 nitrogen and oxygen atoms in total. The van der Waals surface area contributed by atoms with E-state index in [4.69, 9.17) is 17.0 Å². The van der Waals surface area contributed by atoms with Gasteiger partial charge in [0.05, 0.1) is 19.1 Å². The fraction of sp³-hybridized carbons (Fsp3) is 0.474. The lowest BCUT2D eigenvalue weighted by atomic mass is 9.96. The topological polar surface area (TPSA) is 48.2 Å². The lowest BCUT2D eigenvalue weighted by Crippen LogP contribution is -2.36. The van der Waals surface area contributed by atoms with Crippen molar-refractivity contribution in [1.29, 1.82) is 0 Å². The van der Waals surface area contributed by atoms with Crippen molar-refractivity contribution < 1.29 is 18.3 Å². The third-order valence-electron chi connectivity index (χ3n) is 5.40. The first-order chi connectivity index (χ1) is 12.9. The first kappa shape index (κ1) is 18.3. The minimum absolute atomic E-state index is 0.0573. The Bertz CT molecular complexity index is 927. The molecule has 0 bridgehead atoms. The molecule has 0 spiro atoms. The summed E-state index contributed by atoms with van der Waals surface area (Å²) in [7, 11) is 1.85. The smallest absolute Gasteiger partial charge is 0.226 e. The summed E-state index contributed by atoms with van der Waals surface area (Å²) in [5, 5.41) is 2.99. The lowest BCUT2D eigenvalue weighted by molar-refractivity contribution is -0.121. The van der Waals surface area contributed by atoms with Crippen LogP contribution in [0.15, 0.2) is 18.2 Å². The van der Waals surface area contributed by atoms with Gasteiger partial charge in [-0.2, -0.15) is 0 Å². The zero-order valence-corrected chi connectivity index (χ0v) is 15.8. The Morgan fingerprint density at radius 3 is 2.74 bits per heavy atom. The van der Waals surface area contributed by atoms with Crippen molar-refractivity contribution >= 4 is 18.1 Å². The number of nitrogens with one attached hydrogen (secondary N) is 1. The summed E-state index contributed by atoms with van der Waals surface area (Å²) in [5.41, 5.74) is 2.44. The second-order valence-electron chi connectivity index (χ2n) is 7.25. The van der Waals surface area contributed by atoms with Gasteiger partial charge in [0.1, 0.15) is 11.6 Å². The molecule has 27 heavy (non-hydrogen) atoms. The van der Waals surface area contributed by atoms with Crippen molar-refractivity contribution in [2.75, 3.05) is 13.2 Å². The number of benzene rings is 1. The van der Waals surface area contributed by atoms with E-state index < -0.39 is 11.6 Å². The first-order valence-corrected chi connectivity index (χ1v) is 9.43. The van der Waals surface area contributed by atoms with Gasteiger partial charge >= 0.3 is 0 Å². The Morgan fingerprint density at radius 2 is 2.07 bits per heavy atom. The molecule has 1 saturated heterocycles. The van der Waals surface area contributed by atoms with Crippen LogP contribution in [-0.2, 0) is 36.0 Å². The average molecular weight is 393 g/mol. The van der Waals surface area contributed by atoms with Gasteiger partial charge in [-0.25, -0.2) is 8.78 Å². The second-order valence-corrected chi connectivity index (χ2v) is 7.62. The van der Waals surface area contributed by atoms with Gasteiger partial charge in [-0.3, -0.25) is 4.79 Å². The van der Waals surface area contributed by atoms with Crippen LogP contribution >= 0.6 is 12.2 Å². The Kier molecular flexibility index (Phi) is 4.86. The second kappa shape index (κ2) is 7.16. The van der Waals surface area contributed by atoms with Gasteiger partial charge in [0.15, 0.2) is 4.77 Å². The van der Waals surface area contributed by atoms with Gasteiger partial charge in [0.2, 0.25) is 5.91 Å². The molecule has 144 valence electrons. The van der Waals surface area contributed by atoms with Crippen LogP contribution in [0.25, 0.3) is 0 Å². The van der Waals surface area contributed by atoms with Gasteiger partial charge in [-0.15, -0.1) is 0 Å². The van der Waals surface area contributed by atoms with Crippen molar-refractivity contribution in [3.05, 3.63) is 51.6 Å². The molecule has 4 rings (SSSR count). The number of hydrogen-bond acceptors (Lipinski definition) is 3. The molecular weight excluding hydrogens is 372 g/mol. The maximum atomic E-state index is 13.6. The van der Waals surface area contributed by atoms with E-state index in [0.717, 1.165) is 23.9 Å². The predicted molar refractivity (Wildman–Crippen MR) is 98.1 cm³/mol. The van der Waals surface area contributed by atoms with E-state index in [1.807, 2.05) is 16.2 Å². The third kappa shape index (κ3) is 3.55. The van der Waals surface area contributed by atoms with Crippen molar-refractivity contribution in [2.24, 2.45) is 7.05 Å². The van der Waals surface area contributed by atoms with Crippen molar-refractivity contribution in [1.82, 2.24) is 14.5 Å². The van der Waals surface area contributed by atoms with E-state index in [2.05, 4.69) is 5.32 Å². The van der Waals surface area contributed by atoms with Crippen LogP contribution in [0.1, 0.15) is 29.3 Å². The van der Waals surface area contributed by atoms with Gasteiger partial charge in [0.25, 0.3) is 0 Å². The van der Waals surface area contributed by atoms with Crippen molar-refractivity contribution in [3.63, 3.8) is 0 Å². The number of nitrogens with zero attached hydrogens (tertiary/aromatic N) is 2. The molecule has 0 unspecified atom stereocenters. The third-order valence-corrected chi connectivity index (χ3v) is 5.90. The number of ether oxygens (including phenoxy) is 1. The number of carbonyl (C=O) groups is 1. The van der Waals surface area contributed by atoms with Crippen LogP contribution < -0.4 is 5.32 Å². The summed E-state index contributed by atoms with van der Waals surface area (Å²) in [6.45, 7) is 1.77. The predicted octanol–water partition coefficient (Wildman–Crippen LogP) is 2.62. The van der Waals surface area contributed by atoms with Gasteiger partial charge < -0.3 is 19.2 Å². The number of carbonyl (C=O) groups excluding carboxylic acids is 1. The molecule has 1 aromatic heterocycles. The molecule has 0 saturated carbocycles. The van der Waals surface area contributed by atoms with Crippen LogP contribution in [0.2, 0.25) is 0 Å². The molecule has 2 atom stereocenters. The molecule has 2 aliphatic rings. The first-order valence-electron chi connectivity index (χ1n) is 9.02. The fourth-order valence-electron chi connectivity index (χ4n) is 4.03. The Balaban J connectivity index is 1.56. The highest BCUT2D eigenvalue weighted by Crippen LogP contribution is 2.33. The summed E-state index contributed by atoms with van der Waals surface area (Å²) in [6, 6.07) is 3.68. The Labute approximate surface area is 160 Å². The molecule has 2 aromatic rings. The Morgan fingerprint density at radius 1 is 1.33 bits per heavy atom. The van der Waals surface area contributed by atoms with Gasteiger partial charge in [0, 0.05) is 43.6 Å². The molecule has 0 radical (unpaired) electrons. The number of aromatic nitrogens is 2. The minimum Gasteiger partial charge on any atom is -0.379 e. The molecule has 1 amide bonds. The monoisotopic (exact) mass is 393 g/mol. The van der Waals surface area contributed by atoms with E-state index in [1.54, 1.807) is 0 Å². The van der Waals surface area contributed by atoms with Crippen LogP contribution in [0.3, 0.4) is 0 Å². The highest BCUT2D eigenvalue weighted by atomic mass is 32.1. The normalized spacial score (nSPS) is 21.4. The van der Waals surface area contributed by atoms with Crippen molar-refractivity contribution in [2.45, 2.75) is 37.8 Å². The van der Waals surface area contributed by atoms with Crippen LogP contribution in [-0.4, -0.2) is 34.3 Å². The Hall–Kier alpha value is -2.06. The molecule has 1 fully saturated rings. The SMILES string of the molecule is Cn1c(CC(=O)N[C@@H]2CCOC2)c2n(c1=S)C[C@H](c1cc(F)cc(F)c1)C2. The number of amides is 1. The standard InChI is InChI=1S/C19H21F2N3O2S/c1-23-16(8-18(25)22-15-2-3-26-10-15)17-6-12(9-24(17)19(23)27)11-4-13(20)7-14(21)5-11/h4-5,7,12,15H,2-3,6,8-10H2,1H3,(H,22,25)/t12-,15-/m1/s1. The zero-order valence-electron chi connectivity index (χ0n) is 15.0. The van der Waals surface area contributed by atoms with Gasteiger partial charge in [-0.05, 0) is 42.8 Å². The highest BCUT2D eigenvalue weighted by Gasteiger charge is 2.30. The summed E-state index contributed by atoms with van der Waals surface area (Å²) < 4.78 is 36.9. The summed E-state index contributed by atoms with van der Waals surface area (Å²) in [5.74, 6) is -1.28. The maximum absolute atomic E-state index is 13.6. The molecule has 1 N–H and O–H groups in total. The number of halogens is 2. The largest absolute Gasteiger partial charge is 0.379 e. The van der Waals surface area contributed by atoms with Crippen LogP contribution in [0, 0.1) is 16.4 Å². The van der Waals surface area contributed by atoms with Crippen molar-refractivity contribution in [3.8, 4) is 0 Å². The van der Waals surface area contributed by atoms with E-state index >= 15 is 0 Å². The fourth-order valence-corrected chi connectivity index (χ4v) is 4.32. The minimum atomic E-state index is -0.580. The van der Waals surface area contributed by atoms with E-state index in [9.17, 15) is 13.6 Å². The number of imidazole rings is 1. The maximum Gasteiger partial charge on any atom is 0.226 e.